The van der Waals surface area contributed by atoms with E-state index < -0.39 is 6.10 Å². The summed E-state index contributed by atoms with van der Waals surface area (Å²) in [5, 5.41) is 12.8. The Morgan fingerprint density at radius 1 is 1.21 bits per heavy atom. The number of aliphatic hydroxyl groups is 1. The lowest BCUT2D eigenvalue weighted by Gasteiger charge is -2.41. The van der Waals surface area contributed by atoms with E-state index in [0.29, 0.717) is 0 Å². The molecule has 0 saturated carbocycles. The number of pyridine rings is 1. The molecular formula is C30H36N2O2. The Balaban J connectivity index is 1.48. The van der Waals surface area contributed by atoms with Crippen LogP contribution in [0.4, 0.5) is 0 Å². The van der Waals surface area contributed by atoms with Gasteiger partial charge in [0.25, 0.3) is 0 Å². The number of hydrogen-bond donors (Lipinski definition) is 1. The number of methoxy groups -OCH3 is 1. The van der Waals surface area contributed by atoms with Crippen molar-refractivity contribution in [2.24, 2.45) is 0 Å². The molecule has 2 unspecified atom stereocenters. The van der Waals surface area contributed by atoms with E-state index in [0.717, 1.165) is 80.3 Å². The van der Waals surface area contributed by atoms with Crippen LogP contribution < -0.4 is 4.74 Å². The minimum absolute atomic E-state index is 0.0364. The van der Waals surface area contributed by atoms with Gasteiger partial charge in [0.1, 0.15) is 5.75 Å². The lowest BCUT2D eigenvalue weighted by atomic mass is 9.83. The predicted molar refractivity (Wildman–Crippen MR) is 139 cm³/mol. The fourth-order valence-electron chi connectivity index (χ4n) is 5.89. The van der Waals surface area contributed by atoms with Gasteiger partial charge in [0, 0.05) is 30.7 Å². The summed E-state index contributed by atoms with van der Waals surface area (Å²) in [4.78, 5) is 7.07. The average molecular weight is 457 g/mol. The Bertz CT molecular complexity index is 1170. The number of ether oxygens (including phenoxy) is 1. The zero-order valence-corrected chi connectivity index (χ0v) is 20.5. The van der Waals surface area contributed by atoms with Crippen molar-refractivity contribution in [1.29, 1.82) is 0 Å². The van der Waals surface area contributed by atoms with Crippen molar-refractivity contribution in [1.82, 2.24) is 9.88 Å². The Hall–Kier alpha value is -2.69. The number of nitrogens with zero attached hydrogens (tertiary/aromatic N) is 2. The number of aliphatic hydroxyl groups excluding tert-OH is 1. The van der Waals surface area contributed by atoms with Gasteiger partial charge in [-0.05, 0) is 91.5 Å². The molecule has 5 rings (SSSR count). The third-order valence-electron chi connectivity index (χ3n) is 7.65. The zero-order chi connectivity index (χ0) is 23.5. The second-order valence-corrected chi connectivity index (χ2v) is 9.70. The van der Waals surface area contributed by atoms with E-state index in [9.17, 15) is 5.11 Å². The third kappa shape index (κ3) is 4.62. The number of likely N-dealkylation sites (tertiary alicyclic amines) is 1. The van der Waals surface area contributed by atoms with E-state index in [2.05, 4.69) is 41.1 Å². The zero-order valence-electron chi connectivity index (χ0n) is 20.5. The van der Waals surface area contributed by atoms with Gasteiger partial charge in [-0.15, -0.1) is 0 Å². The topological polar surface area (TPSA) is 45.6 Å². The first-order valence-electron chi connectivity index (χ1n) is 12.8. The molecule has 2 atom stereocenters. The van der Waals surface area contributed by atoms with Gasteiger partial charge >= 0.3 is 0 Å². The molecule has 2 aromatic rings. The molecule has 1 saturated heterocycles. The number of aromatic nitrogens is 1. The molecule has 1 fully saturated rings. The highest BCUT2D eigenvalue weighted by atomic mass is 16.5. The Kier molecular flexibility index (Phi) is 6.98. The molecule has 0 amide bonds. The summed E-state index contributed by atoms with van der Waals surface area (Å²) < 4.78 is 5.48. The van der Waals surface area contributed by atoms with E-state index in [1.807, 2.05) is 30.5 Å². The van der Waals surface area contributed by atoms with Crippen LogP contribution in [-0.4, -0.2) is 41.2 Å². The van der Waals surface area contributed by atoms with Crippen molar-refractivity contribution in [3.8, 4) is 5.75 Å². The van der Waals surface area contributed by atoms with Crippen molar-refractivity contribution in [3.63, 3.8) is 0 Å². The van der Waals surface area contributed by atoms with Gasteiger partial charge < -0.3 is 9.84 Å². The Morgan fingerprint density at radius 3 is 2.97 bits per heavy atom. The molecule has 3 aliphatic rings. The molecule has 1 aromatic carbocycles. The van der Waals surface area contributed by atoms with E-state index >= 15 is 0 Å². The third-order valence-corrected chi connectivity index (χ3v) is 7.65. The number of hydrogen-bond acceptors (Lipinski definition) is 4. The van der Waals surface area contributed by atoms with Crippen molar-refractivity contribution in [3.05, 3.63) is 82.6 Å². The molecular weight excluding hydrogens is 420 g/mol. The van der Waals surface area contributed by atoms with Crippen LogP contribution in [0.5, 0.6) is 5.75 Å². The largest absolute Gasteiger partial charge is 0.497 e. The fourth-order valence-corrected chi connectivity index (χ4v) is 5.89. The molecule has 2 aliphatic carbocycles. The Morgan fingerprint density at radius 2 is 2.12 bits per heavy atom. The molecule has 178 valence electrons. The molecule has 0 spiro atoms. The fraction of sp³-hybridized carbons (Fsp3) is 0.433. The summed E-state index contributed by atoms with van der Waals surface area (Å²) in [6.07, 6.45) is 18.3. The first kappa shape index (κ1) is 23.1. The van der Waals surface area contributed by atoms with E-state index in [4.69, 9.17) is 4.74 Å². The highest BCUT2D eigenvalue weighted by Crippen LogP contribution is 2.38. The van der Waals surface area contributed by atoms with Crippen LogP contribution in [0, 0.1) is 0 Å². The van der Waals surface area contributed by atoms with Crippen LogP contribution in [0.25, 0.3) is 10.9 Å². The molecule has 1 aromatic heterocycles. The minimum Gasteiger partial charge on any atom is -0.497 e. The maximum absolute atomic E-state index is 11.8. The van der Waals surface area contributed by atoms with Gasteiger partial charge in [-0.1, -0.05) is 36.8 Å². The molecule has 2 heterocycles. The maximum atomic E-state index is 11.8. The molecule has 4 heteroatoms. The lowest BCUT2D eigenvalue weighted by Crippen LogP contribution is -2.45. The first-order valence-corrected chi connectivity index (χ1v) is 12.8. The summed E-state index contributed by atoms with van der Waals surface area (Å²) in [5.74, 6) is 0.790. The number of allylic oxidation sites excluding steroid dienone is 5. The van der Waals surface area contributed by atoms with Crippen molar-refractivity contribution in [2.75, 3.05) is 20.2 Å². The number of fused-ring (bicyclic) bond motifs is 1. The van der Waals surface area contributed by atoms with Crippen LogP contribution in [0.15, 0.2) is 77.1 Å². The van der Waals surface area contributed by atoms with E-state index in [-0.39, 0.29) is 6.04 Å². The number of rotatable bonds is 6. The van der Waals surface area contributed by atoms with Gasteiger partial charge in [0.2, 0.25) is 0 Å². The van der Waals surface area contributed by atoms with E-state index in [1.165, 1.54) is 16.7 Å². The lowest BCUT2D eigenvalue weighted by molar-refractivity contribution is 0.0437. The summed E-state index contributed by atoms with van der Waals surface area (Å²) in [6.45, 7) is 4.10. The minimum atomic E-state index is -0.595. The normalized spacial score (nSPS) is 23.2. The SMILES string of the molecule is CC/C=C1/CCN(CC2=CCCC3=C2CCC=C3)C(C(O)c2ccnc3ccc(OC)cc23)C1. The van der Waals surface area contributed by atoms with Crippen LogP contribution in [0.3, 0.4) is 0 Å². The molecule has 1 aliphatic heterocycles. The standard InChI is InChI=1S/C30H36N2O2/c1-3-7-21-15-17-32(20-23-10-6-9-22-8-4-5-11-25(22)23)29(18-21)30(33)26-14-16-31-28-13-12-24(34-2)19-27(26)28/h4,7-8,10,12-14,16,19,29-30,33H,3,5-6,9,11,15,17-18,20H2,1-2H3/b21-7-. The summed E-state index contributed by atoms with van der Waals surface area (Å²) in [7, 11) is 1.68. The molecule has 4 nitrogen and oxygen atoms in total. The average Bonchev–Trinajstić information content (AvgIpc) is 2.89. The second kappa shape index (κ2) is 10.3. The van der Waals surface area contributed by atoms with Gasteiger partial charge in [-0.2, -0.15) is 0 Å². The molecule has 1 N–H and O–H groups in total. The second-order valence-electron chi connectivity index (χ2n) is 9.70. The van der Waals surface area contributed by atoms with Crippen molar-refractivity contribution >= 4 is 10.9 Å². The number of benzene rings is 1. The molecule has 34 heavy (non-hydrogen) atoms. The van der Waals surface area contributed by atoms with Crippen molar-refractivity contribution < 1.29 is 9.84 Å². The Labute approximate surface area is 203 Å². The summed E-state index contributed by atoms with van der Waals surface area (Å²) in [5.41, 5.74) is 7.86. The summed E-state index contributed by atoms with van der Waals surface area (Å²) in [6, 6.07) is 7.93. The predicted octanol–water partition coefficient (Wildman–Crippen LogP) is 6.44. The quantitative estimate of drug-likeness (QED) is 0.508. The number of piperidine rings is 1. The monoisotopic (exact) mass is 456 g/mol. The highest BCUT2D eigenvalue weighted by molar-refractivity contribution is 5.84. The van der Waals surface area contributed by atoms with Crippen molar-refractivity contribution in [2.45, 2.75) is 64.0 Å². The highest BCUT2D eigenvalue weighted by Gasteiger charge is 2.33. The smallest absolute Gasteiger partial charge is 0.119 e. The molecule has 0 bridgehead atoms. The maximum Gasteiger partial charge on any atom is 0.119 e. The van der Waals surface area contributed by atoms with Crippen LogP contribution in [0.2, 0.25) is 0 Å². The van der Waals surface area contributed by atoms with Gasteiger partial charge in [0.05, 0.1) is 18.7 Å². The van der Waals surface area contributed by atoms with Crippen LogP contribution in [0.1, 0.15) is 63.5 Å². The first-order chi connectivity index (χ1) is 16.7. The van der Waals surface area contributed by atoms with Crippen LogP contribution >= 0.6 is 0 Å². The van der Waals surface area contributed by atoms with Gasteiger partial charge in [-0.25, -0.2) is 0 Å². The van der Waals surface area contributed by atoms with Gasteiger partial charge in [0.15, 0.2) is 0 Å². The summed E-state index contributed by atoms with van der Waals surface area (Å²) >= 11 is 0. The van der Waals surface area contributed by atoms with Crippen LogP contribution in [-0.2, 0) is 0 Å². The van der Waals surface area contributed by atoms with Gasteiger partial charge in [-0.3, -0.25) is 9.88 Å². The molecule has 0 radical (unpaired) electrons. The van der Waals surface area contributed by atoms with E-state index in [1.54, 1.807) is 12.7 Å².